The van der Waals surface area contributed by atoms with Gasteiger partial charge in [-0.3, -0.25) is 0 Å². The Morgan fingerprint density at radius 2 is 1.70 bits per heavy atom. The van der Waals surface area contributed by atoms with Gasteiger partial charge in [-0.15, -0.1) is 0 Å². The maximum atomic E-state index is 11.5. The quantitative estimate of drug-likeness (QED) is 0.523. The van der Waals surface area contributed by atoms with Gasteiger partial charge < -0.3 is 19.4 Å². The number of nitrogens with zero attached hydrogens (tertiary/aromatic N) is 1. The first-order valence-electron chi connectivity index (χ1n) is 8.38. The Morgan fingerprint density at radius 1 is 0.926 bits per heavy atom. The van der Waals surface area contributed by atoms with Gasteiger partial charge >= 0.3 is 0 Å². The Kier molecular flexibility index (Phi) is 4.12. The minimum absolute atomic E-state index is 0.109. The van der Waals surface area contributed by atoms with E-state index in [1.54, 1.807) is 26.4 Å². The van der Waals surface area contributed by atoms with Crippen LogP contribution >= 0.6 is 0 Å². The van der Waals surface area contributed by atoms with Gasteiger partial charge in [0.15, 0.2) is 11.5 Å². The predicted molar refractivity (Wildman–Crippen MR) is 102 cm³/mol. The van der Waals surface area contributed by atoms with Crippen LogP contribution in [0.15, 0.2) is 60.7 Å². The molecule has 0 aliphatic heterocycles. The average Bonchev–Trinajstić information content (AvgIpc) is 2.72. The predicted octanol–water partition coefficient (Wildman–Crippen LogP) is 3.44. The van der Waals surface area contributed by atoms with Crippen molar-refractivity contribution in [3.8, 4) is 22.6 Å². The summed E-state index contributed by atoms with van der Waals surface area (Å²) in [6.07, 6.45) is 0. The van der Waals surface area contributed by atoms with Crippen LogP contribution in [0, 0.1) is 0 Å². The number of carbonyl (C=O) groups excluding carboxylic acids is 1. The summed E-state index contributed by atoms with van der Waals surface area (Å²) in [5.74, 6) is -0.147. The molecule has 0 unspecified atom stereocenters. The molecule has 4 aromatic rings. The summed E-state index contributed by atoms with van der Waals surface area (Å²) in [4.78, 5) is 15.8. The number of hydrogen-bond acceptors (Lipinski definition) is 5. The summed E-state index contributed by atoms with van der Waals surface area (Å²) in [6.45, 7) is 0. The Labute approximate surface area is 155 Å². The van der Waals surface area contributed by atoms with Crippen molar-refractivity contribution in [1.29, 1.82) is 0 Å². The molecule has 0 saturated carbocycles. The third-order valence-corrected chi connectivity index (χ3v) is 4.60. The molecule has 0 amide bonds. The SMILES string of the molecule is COc1ccc(-c2cc(C(=O)[O-])nc3ccc4ccccc4c23)cc1OC. The number of ether oxygens (including phenoxy) is 2. The van der Waals surface area contributed by atoms with Crippen molar-refractivity contribution in [2.45, 2.75) is 0 Å². The number of aromatic carboxylic acids is 1. The lowest BCUT2D eigenvalue weighted by Crippen LogP contribution is -2.23. The van der Waals surface area contributed by atoms with Crippen LogP contribution < -0.4 is 14.6 Å². The zero-order valence-corrected chi connectivity index (χ0v) is 14.9. The number of carbonyl (C=O) groups is 1. The molecule has 0 radical (unpaired) electrons. The van der Waals surface area contributed by atoms with E-state index >= 15 is 0 Å². The van der Waals surface area contributed by atoms with E-state index in [4.69, 9.17) is 9.47 Å². The first-order valence-corrected chi connectivity index (χ1v) is 8.38. The second-order valence-corrected chi connectivity index (χ2v) is 6.09. The van der Waals surface area contributed by atoms with Crippen molar-refractivity contribution in [3.05, 3.63) is 66.4 Å². The van der Waals surface area contributed by atoms with Crippen LogP contribution in [0.4, 0.5) is 0 Å². The highest BCUT2D eigenvalue weighted by Crippen LogP contribution is 2.38. The average molecular weight is 358 g/mol. The molecule has 5 heteroatoms. The van der Waals surface area contributed by atoms with Crippen molar-refractivity contribution in [3.63, 3.8) is 0 Å². The number of aromatic nitrogens is 1. The van der Waals surface area contributed by atoms with Gasteiger partial charge in [0.05, 0.1) is 31.4 Å². The van der Waals surface area contributed by atoms with Crippen LogP contribution in [0.3, 0.4) is 0 Å². The summed E-state index contributed by atoms with van der Waals surface area (Å²) in [5.41, 5.74) is 2.04. The van der Waals surface area contributed by atoms with Crippen LogP contribution in [-0.2, 0) is 0 Å². The van der Waals surface area contributed by atoms with Crippen LogP contribution in [0.1, 0.15) is 10.5 Å². The Balaban J connectivity index is 2.11. The van der Waals surface area contributed by atoms with E-state index in [-0.39, 0.29) is 5.69 Å². The van der Waals surface area contributed by atoms with Crippen molar-refractivity contribution < 1.29 is 19.4 Å². The number of rotatable bonds is 4. The van der Waals surface area contributed by atoms with Gasteiger partial charge in [0.25, 0.3) is 0 Å². The normalized spacial score (nSPS) is 10.9. The highest BCUT2D eigenvalue weighted by Gasteiger charge is 2.14. The molecule has 1 heterocycles. The molecular formula is C22H16NO4-. The van der Waals surface area contributed by atoms with Crippen LogP contribution in [0.25, 0.3) is 32.8 Å². The zero-order valence-electron chi connectivity index (χ0n) is 14.9. The molecule has 0 N–H and O–H groups in total. The summed E-state index contributed by atoms with van der Waals surface area (Å²) in [5, 5.41) is 14.4. The maximum Gasteiger partial charge on any atom is 0.161 e. The van der Waals surface area contributed by atoms with Gasteiger partial charge in [-0.1, -0.05) is 36.4 Å². The van der Waals surface area contributed by atoms with Crippen molar-refractivity contribution in [2.24, 2.45) is 0 Å². The fourth-order valence-electron chi connectivity index (χ4n) is 3.34. The molecule has 1 aromatic heterocycles. The minimum atomic E-state index is -1.31. The van der Waals surface area contributed by atoms with Gasteiger partial charge in [0.2, 0.25) is 0 Å². The summed E-state index contributed by atoms with van der Waals surface area (Å²) in [7, 11) is 3.13. The van der Waals surface area contributed by atoms with Gasteiger partial charge in [0, 0.05) is 5.39 Å². The number of carboxylic acid groups (broad SMARTS) is 1. The highest BCUT2D eigenvalue weighted by atomic mass is 16.5. The third-order valence-electron chi connectivity index (χ3n) is 4.60. The van der Waals surface area contributed by atoms with E-state index in [1.807, 2.05) is 48.5 Å². The monoisotopic (exact) mass is 358 g/mol. The highest BCUT2D eigenvalue weighted by molar-refractivity contribution is 6.14. The van der Waals surface area contributed by atoms with E-state index in [0.29, 0.717) is 17.0 Å². The topological polar surface area (TPSA) is 71.5 Å². The van der Waals surface area contributed by atoms with Crippen LogP contribution in [0.5, 0.6) is 11.5 Å². The fraction of sp³-hybridized carbons (Fsp3) is 0.0909. The second-order valence-electron chi connectivity index (χ2n) is 6.09. The van der Waals surface area contributed by atoms with Crippen molar-refractivity contribution in [2.75, 3.05) is 14.2 Å². The Bertz CT molecular complexity index is 1180. The second kappa shape index (κ2) is 6.61. The molecule has 0 fully saturated rings. The van der Waals surface area contributed by atoms with Gasteiger partial charge in [-0.05, 0) is 46.2 Å². The molecule has 0 aliphatic carbocycles. The molecule has 27 heavy (non-hydrogen) atoms. The number of hydrogen-bond donors (Lipinski definition) is 0. The fourth-order valence-corrected chi connectivity index (χ4v) is 3.34. The number of benzene rings is 3. The molecule has 5 nitrogen and oxygen atoms in total. The van der Waals surface area contributed by atoms with Crippen molar-refractivity contribution in [1.82, 2.24) is 4.98 Å². The van der Waals surface area contributed by atoms with Crippen LogP contribution in [0.2, 0.25) is 0 Å². The molecule has 134 valence electrons. The Hall–Kier alpha value is -3.60. The molecule has 3 aromatic carbocycles. The molecule has 4 rings (SSSR count). The maximum absolute atomic E-state index is 11.5. The third kappa shape index (κ3) is 2.83. The molecule has 0 atom stereocenters. The number of methoxy groups -OCH3 is 2. The van der Waals surface area contributed by atoms with E-state index < -0.39 is 5.97 Å². The number of pyridine rings is 1. The molecule has 0 spiro atoms. The first-order chi connectivity index (χ1) is 13.1. The molecule has 0 aliphatic rings. The van der Waals surface area contributed by atoms with E-state index in [0.717, 1.165) is 27.3 Å². The van der Waals surface area contributed by atoms with Gasteiger partial charge in [0.1, 0.15) is 0 Å². The van der Waals surface area contributed by atoms with Crippen molar-refractivity contribution >= 4 is 27.6 Å². The van der Waals surface area contributed by atoms with E-state index in [9.17, 15) is 9.90 Å². The number of fused-ring (bicyclic) bond motifs is 3. The summed E-state index contributed by atoms with van der Waals surface area (Å²) < 4.78 is 10.7. The Morgan fingerprint density at radius 3 is 2.44 bits per heavy atom. The largest absolute Gasteiger partial charge is 0.543 e. The van der Waals surface area contributed by atoms with E-state index in [1.165, 1.54) is 0 Å². The lowest BCUT2D eigenvalue weighted by atomic mass is 9.95. The van der Waals surface area contributed by atoms with Crippen LogP contribution in [-0.4, -0.2) is 25.2 Å². The summed E-state index contributed by atoms with van der Waals surface area (Å²) >= 11 is 0. The molecule has 0 bridgehead atoms. The molecular weight excluding hydrogens is 342 g/mol. The summed E-state index contributed by atoms with van der Waals surface area (Å²) in [6, 6.07) is 18.7. The van der Waals surface area contributed by atoms with Gasteiger partial charge in [-0.25, -0.2) is 4.98 Å². The lowest BCUT2D eigenvalue weighted by molar-refractivity contribution is -0.255. The zero-order chi connectivity index (χ0) is 19.0. The van der Waals surface area contributed by atoms with E-state index in [2.05, 4.69) is 4.98 Å². The lowest BCUT2D eigenvalue weighted by Gasteiger charge is -2.15. The number of carboxylic acids is 1. The smallest absolute Gasteiger partial charge is 0.161 e. The molecule has 0 saturated heterocycles. The minimum Gasteiger partial charge on any atom is -0.543 e. The standard InChI is InChI=1S/C22H17NO4/c1-26-19-10-8-14(11-20(19)27-2)16-12-18(22(24)25)23-17-9-7-13-5-3-4-6-15(13)21(16)17/h3-12H,1-2H3,(H,24,25)/p-1. The van der Waals surface area contributed by atoms with Gasteiger partial charge in [-0.2, -0.15) is 0 Å². The first kappa shape index (κ1) is 16.8.